The number of halogens is 2. The molecular formula is C30H36F2N4O3. The van der Waals surface area contributed by atoms with Crippen LogP contribution in [-0.2, 0) is 13.0 Å². The molecule has 0 aliphatic heterocycles. The van der Waals surface area contributed by atoms with Crippen LogP contribution in [0.5, 0.6) is 0 Å². The Balaban J connectivity index is 1.76. The van der Waals surface area contributed by atoms with E-state index in [1.54, 1.807) is 4.90 Å². The molecule has 0 bridgehead atoms. The standard InChI is InChI=1S/C30H36F2N4O3/c1-3-10-36(11-4-2)30(39)24-15-23(18-34-19-24)29(38)35-27(14-22-12-25(31)16-26(32)13-22)28(37)20-33-17-21-8-6-5-7-9-21/h5-9,12-13,15-16,18-19,27-28,33,37H,3-4,10-11,14,17,20H2,1-2H3,(H,35,38)/t27-,28+/m0/s1. The highest BCUT2D eigenvalue weighted by Gasteiger charge is 2.24. The SMILES string of the molecule is CCCN(CCC)C(=O)c1cncc(C(=O)N[C@@H](Cc2cc(F)cc(F)c2)[C@H](O)CNCc2ccccc2)c1. The van der Waals surface area contributed by atoms with E-state index in [4.69, 9.17) is 0 Å². The summed E-state index contributed by atoms with van der Waals surface area (Å²) < 4.78 is 27.7. The van der Waals surface area contributed by atoms with Crippen molar-refractivity contribution in [3.8, 4) is 0 Å². The lowest BCUT2D eigenvalue weighted by Crippen LogP contribution is -2.48. The van der Waals surface area contributed by atoms with Crippen LogP contribution in [0.4, 0.5) is 8.78 Å². The summed E-state index contributed by atoms with van der Waals surface area (Å²) in [5, 5.41) is 16.9. The largest absolute Gasteiger partial charge is 0.390 e. The molecule has 0 saturated heterocycles. The molecule has 3 N–H and O–H groups in total. The number of amides is 2. The Morgan fingerprint density at radius 2 is 1.56 bits per heavy atom. The number of rotatable bonds is 14. The highest BCUT2D eigenvalue weighted by Crippen LogP contribution is 2.14. The summed E-state index contributed by atoms with van der Waals surface area (Å²) in [7, 11) is 0. The molecule has 2 atom stereocenters. The van der Waals surface area contributed by atoms with E-state index in [0.717, 1.165) is 24.5 Å². The predicted octanol–water partition coefficient (Wildman–Crippen LogP) is 4.11. The third-order valence-corrected chi connectivity index (χ3v) is 6.21. The second-order valence-electron chi connectivity index (χ2n) is 9.50. The molecule has 0 radical (unpaired) electrons. The number of hydrogen-bond acceptors (Lipinski definition) is 5. The number of carbonyl (C=O) groups is 2. The van der Waals surface area contributed by atoms with E-state index < -0.39 is 29.7 Å². The van der Waals surface area contributed by atoms with Crippen LogP contribution in [0.15, 0.2) is 67.0 Å². The Morgan fingerprint density at radius 3 is 2.21 bits per heavy atom. The fourth-order valence-electron chi connectivity index (χ4n) is 4.34. The maximum absolute atomic E-state index is 13.8. The van der Waals surface area contributed by atoms with Crippen LogP contribution in [-0.4, -0.2) is 58.6 Å². The van der Waals surface area contributed by atoms with Crippen molar-refractivity contribution >= 4 is 11.8 Å². The van der Waals surface area contributed by atoms with Crippen molar-refractivity contribution in [1.29, 1.82) is 0 Å². The van der Waals surface area contributed by atoms with Crippen LogP contribution in [0.25, 0.3) is 0 Å². The Hall–Kier alpha value is -3.69. The number of aromatic nitrogens is 1. The molecule has 208 valence electrons. The molecule has 1 heterocycles. The number of hydrogen-bond donors (Lipinski definition) is 3. The van der Waals surface area contributed by atoms with E-state index in [9.17, 15) is 23.5 Å². The second kappa shape index (κ2) is 15.0. The zero-order valence-electron chi connectivity index (χ0n) is 22.4. The molecule has 39 heavy (non-hydrogen) atoms. The van der Waals surface area contributed by atoms with E-state index >= 15 is 0 Å². The predicted molar refractivity (Wildman–Crippen MR) is 146 cm³/mol. The molecule has 0 aliphatic rings. The minimum atomic E-state index is -1.08. The lowest BCUT2D eigenvalue weighted by atomic mass is 10.00. The molecule has 2 aromatic carbocycles. The molecule has 3 rings (SSSR count). The van der Waals surface area contributed by atoms with Gasteiger partial charge in [0.15, 0.2) is 0 Å². The molecule has 0 fully saturated rings. The molecule has 2 amide bonds. The van der Waals surface area contributed by atoms with Gasteiger partial charge in [-0.15, -0.1) is 0 Å². The van der Waals surface area contributed by atoms with Gasteiger partial charge in [0.1, 0.15) is 11.6 Å². The molecule has 3 aromatic rings. The number of aliphatic hydroxyl groups is 1. The summed E-state index contributed by atoms with van der Waals surface area (Å²) in [6.45, 7) is 5.78. The van der Waals surface area contributed by atoms with Gasteiger partial charge < -0.3 is 20.6 Å². The minimum absolute atomic E-state index is 0.0125. The summed E-state index contributed by atoms with van der Waals surface area (Å²) in [4.78, 5) is 32.0. The quantitative estimate of drug-likeness (QED) is 0.287. The van der Waals surface area contributed by atoms with E-state index in [1.807, 2.05) is 44.2 Å². The summed E-state index contributed by atoms with van der Waals surface area (Å²) in [5.41, 5.74) is 1.74. The number of nitrogens with one attached hydrogen (secondary N) is 2. The zero-order valence-corrected chi connectivity index (χ0v) is 22.4. The zero-order chi connectivity index (χ0) is 28.2. The first kappa shape index (κ1) is 29.9. The molecule has 0 spiro atoms. The van der Waals surface area contributed by atoms with Crippen molar-refractivity contribution in [3.05, 3.63) is 101 Å². The van der Waals surface area contributed by atoms with Crippen LogP contribution in [0.3, 0.4) is 0 Å². The summed E-state index contributed by atoms with van der Waals surface area (Å²) >= 11 is 0. The first-order chi connectivity index (χ1) is 18.8. The lowest BCUT2D eigenvalue weighted by Gasteiger charge is -2.25. The third kappa shape index (κ3) is 9.23. The molecule has 7 nitrogen and oxygen atoms in total. The molecule has 1 aromatic heterocycles. The number of pyridine rings is 1. The molecule has 0 unspecified atom stereocenters. The van der Waals surface area contributed by atoms with Crippen LogP contribution in [0.1, 0.15) is 58.5 Å². The van der Waals surface area contributed by atoms with Gasteiger partial charge in [-0.3, -0.25) is 14.6 Å². The van der Waals surface area contributed by atoms with Crippen molar-refractivity contribution in [2.24, 2.45) is 0 Å². The first-order valence-electron chi connectivity index (χ1n) is 13.2. The van der Waals surface area contributed by atoms with Crippen molar-refractivity contribution in [3.63, 3.8) is 0 Å². The van der Waals surface area contributed by atoms with Gasteiger partial charge in [-0.25, -0.2) is 8.78 Å². The van der Waals surface area contributed by atoms with Gasteiger partial charge in [-0.1, -0.05) is 44.2 Å². The van der Waals surface area contributed by atoms with Crippen LogP contribution in [0, 0.1) is 11.6 Å². The van der Waals surface area contributed by atoms with Gasteiger partial charge in [-0.05, 0) is 48.6 Å². The first-order valence-corrected chi connectivity index (χ1v) is 13.2. The van der Waals surface area contributed by atoms with Gasteiger partial charge in [0, 0.05) is 44.6 Å². The van der Waals surface area contributed by atoms with Gasteiger partial charge in [0.25, 0.3) is 11.8 Å². The summed E-state index contributed by atoms with van der Waals surface area (Å²) in [5.74, 6) is -2.26. The van der Waals surface area contributed by atoms with E-state index in [0.29, 0.717) is 25.2 Å². The topological polar surface area (TPSA) is 94.6 Å². The maximum atomic E-state index is 13.8. The third-order valence-electron chi connectivity index (χ3n) is 6.21. The molecule has 9 heteroatoms. The number of benzene rings is 2. The second-order valence-corrected chi connectivity index (χ2v) is 9.50. The van der Waals surface area contributed by atoms with Gasteiger partial charge in [0.2, 0.25) is 0 Å². The minimum Gasteiger partial charge on any atom is -0.390 e. The summed E-state index contributed by atoms with van der Waals surface area (Å²) in [6.07, 6.45) is 3.28. The molecule has 0 saturated carbocycles. The Labute approximate surface area is 228 Å². The van der Waals surface area contributed by atoms with Crippen molar-refractivity contribution in [2.45, 2.75) is 51.8 Å². The van der Waals surface area contributed by atoms with Crippen LogP contribution in [0.2, 0.25) is 0 Å². The normalized spacial score (nSPS) is 12.5. The average molecular weight is 539 g/mol. The van der Waals surface area contributed by atoms with E-state index in [2.05, 4.69) is 15.6 Å². The number of carbonyl (C=O) groups excluding carboxylic acids is 2. The van der Waals surface area contributed by atoms with E-state index in [-0.39, 0.29) is 30.0 Å². The van der Waals surface area contributed by atoms with Crippen molar-refractivity contribution < 1.29 is 23.5 Å². The lowest BCUT2D eigenvalue weighted by molar-refractivity contribution is 0.0755. The number of aliphatic hydroxyl groups excluding tert-OH is 1. The van der Waals surface area contributed by atoms with E-state index in [1.165, 1.54) is 30.6 Å². The average Bonchev–Trinajstić information content (AvgIpc) is 2.92. The van der Waals surface area contributed by atoms with Crippen LogP contribution >= 0.6 is 0 Å². The van der Waals surface area contributed by atoms with Gasteiger partial charge in [-0.2, -0.15) is 0 Å². The highest BCUT2D eigenvalue weighted by atomic mass is 19.1. The number of nitrogens with zero attached hydrogens (tertiary/aromatic N) is 2. The van der Waals surface area contributed by atoms with Crippen molar-refractivity contribution in [2.75, 3.05) is 19.6 Å². The molecule has 0 aliphatic carbocycles. The monoisotopic (exact) mass is 538 g/mol. The van der Waals surface area contributed by atoms with Gasteiger partial charge >= 0.3 is 0 Å². The van der Waals surface area contributed by atoms with Gasteiger partial charge in [0.05, 0.1) is 23.3 Å². The Morgan fingerprint density at radius 1 is 0.923 bits per heavy atom. The Bertz CT molecular complexity index is 1200. The highest BCUT2D eigenvalue weighted by molar-refractivity contribution is 5.99. The Kier molecular flexibility index (Phi) is 11.5. The summed E-state index contributed by atoms with van der Waals surface area (Å²) in [6, 6.07) is 13.3. The fraction of sp³-hybridized carbons (Fsp3) is 0.367. The fourth-order valence-corrected chi connectivity index (χ4v) is 4.34. The maximum Gasteiger partial charge on any atom is 0.255 e. The van der Waals surface area contributed by atoms with Crippen LogP contribution < -0.4 is 10.6 Å². The molecular weight excluding hydrogens is 502 g/mol. The smallest absolute Gasteiger partial charge is 0.255 e. The van der Waals surface area contributed by atoms with Crippen molar-refractivity contribution in [1.82, 2.24) is 20.5 Å².